The van der Waals surface area contributed by atoms with E-state index in [0.29, 0.717) is 56.4 Å². The minimum absolute atomic E-state index is 0.313. The van der Waals surface area contributed by atoms with Gasteiger partial charge in [-0.2, -0.15) is 0 Å². The van der Waals surface area contributed by atoms with Gasteiger partial charge in [0.25, 0.3) is 0 Å². The van der Waals surface area contributed by atoms with Gasteiger partial charge in [0.15, 0.2) is 11.5 Å². The highest BCUT2D eigenvalue weighted by Crippen LogP contribution is 2.48. The first kappa shape index (κ1) is 22.1. The maximum Gasteiger partial charge on any atom is 0.344 e. The topological polar surface area (TPSA) is 76.4 Å². The third-order valence-corrected chi connectivity index (χ3v) is 5.45. The summed E-state index contributed by atoms with van der Waals surface area (Å²) in [6.45, 7) is 0. The monoisotopic (exact) mass is 448 g/mol. The number of hydrogen-bond acceptors (Lipinski definition) is 7. The van der Waals surface area contributed by atoms with E-state index in [4.69, 9.17) is 28.1 Å². The number of ether oxygens (including phenoxy) is 5. The van der Waals surface area contributed by atoms with Crippen molar-refractivity contribution >= 4 is 10.8 Å². The normalized spacial score (nSPS) is 10.7. The Morgan fingerprint density at radius 1 is 0.636 bits per heavy atom. The number of methoxy groups -OCH3 is 5. The Labute approximate surface area is 191 Å². The predicted octanol–water partition coefficient (Wildman–Crippen LogP) is 5.17. The van der Waals surface area contributed by atoms with Crippen LogP contribution in [0.15, 0.2) is 63.8 Å². The maximum atomic E-state index is 13.2. The fraction of sp³-hybridized carbons (Fsp3) is 0.192. The summed E-state index contributed by atoms with van der Waals surface area (Å²) in [6, 6.07) is 16.4. The van der Waals surface area contributed by atoms with E-state index in [1.54, 1.807) is 20.3 Å². The van der Waals surface area contributed by atoms with Gasteiger partial charge < -0.3 is 28.1 Å². The molecule has 0 aliphatic heterocycles. The standard InChI is InChI=1S/C26H24O7/c1-28-17-10-6-15(7-11-17)21-22-19(14-20(30-3)24(31-4)25(22)32-5)26(27)33-23(21)16-8-12-18(29-2)13-9-16/h6-14H,1-5H3. The molecule has 0 unspecified atom stereocenters. The van der Waals surface area contributed by atoms with E-state index in [1.165, 1.54) is 21.3 Å². The van der Waals surface area contributed by atoms with Crippen molar-refractivity contribution in [1.29, 1.82) is 0 Å². The lowest BCUT2D eigenvalue weighted by atomic mass is 9.94. The van der Waals surface area contributed by atoms with E-state index in [2.05, 4.69) is 0 Å². The molecule has 0 amide bonds. The van der Waals surface area contributed by atoms with E-state index in [0.717, 1.165) is 5.56 Å². The lowest BCUT2D eigenvalue weighted by Gasteiger charge is -2.18. The Morgan fingerprint density at radius 3 is 1.67 bits per heavy atom. The number of benzene rings is 3. The molecule has 0 N–H and O–H groups in total. The number of fused-ring (bicyclic) bond motifs is 1. The average Bonchev–Trinajstić information content (AvgIpc) is 2.87. The van der Waals surface area contributed by atoms with Gasteiger partial charge in [-0.05, 0) is 48.0 Å². The summed E-state index contributed by atoms with van der Waals surface area (Å²) in [6.07, 6.45) is 0. The molecule has 33 heavy (non-hydrogen) atoms. The number of rotatable bonds is 7. The van der Waals surface area contributed by atoms with Crippen molar-refractivity contribution in [2.45, 2.75) is 0 Å². The Kier molecular flexibility index (Phi) is 6.13. The lowest BCUT2D eigenvalue weighted by molar-refractivity contribution is 0.327. The maximum absolute atomic E-state index is 13.2. The predicted molar refractivity (Wildman–Crippen MR) is 126 cm³/mol. The Morgan fingerprint density at radius 2 is 1.18 bits per heavy atom. The first-order valence-electron chi connectivity index (χ1n) is 10.1. The van der Waals surface area contributed by atoms with Gasteiger partial charge in [0, 0.05) is 16.5 Å². The molecule has 0 spiro atoms. The van der Waals surface area contributed by atoms with Crippen LogP contribution in [0.4, 0.5) is 0 Å². The van der Waals surface area contributed by atoms with E-state index < -0.39 is 5.63 Å². The molecule has 7 nitrogen and oxygen atoms in total. The highest BCUT2D eigenvalue weighted by Gasteiger charge is 2.25. The summed E-state index contributed by atoms with van der Waals surface area (Å²) >= 11 is 0. The smallest absolute Gasteiger partial charge is 0.344 e. The fourth-order valence-corrected chi connectivity index (χ4v) is 3.86. The van der Waals surface area contributed by atoms with E-state index >= 15 is 0 Å². The van der Waals surface area contributed by atoms with Gasteiger partial charge in [-0.3, -0.25) is 0 Å². The second-order valence-electron chi connectivity index (χ2n) is 7.12. The second-order valence-corrected chi connectivity index (χ2v) is 7.12. The van der Waals surface area contributed by atoms with Crippen LogP contribution in [0.2, 0.25) is 0 Å². The quantitative estimate of drug-likeness (QED) is 0.386. The zero-order valence-electron chi connectivity index (χ0n) is 19.1. The Bertz CT molecular complexity index is 1340. The third kappa shape index (κ3) is 3.82. The molecule has 0 atom stereocenters. The van der Waals surface area contributed by atoms with E-state index in [1.807, 2.05) is 48.5 Å². The molecular formula is C26H24O7. The first-order chi connectivity index (χ1) is 16.1. The van der Waals surface area contributed by atoms with Crippen LogP contribution in [-0.2, 0) is 0 Å². The van der Waals surface area contributed by atoms with Gasteiger partial charge in [0.2, 0.25) is 5.75 Å². The van der Waals surface area contributed by atoms with Crippen molar-refractivity contribution in [2.24, 2.45) is 0 Å². The van der Waals surface area contributed by atoms with Crippen molar-refractivity contribution in [3.8, 4) is 51.2 Å². The van der Waals surface area contributed by atoms with Crippen LogP contribution in [0.5, 0.6) is 28.7 Å². The summed E-state index contributed by atoms with van der Waals surface area (Å²) in [7, 11) is 7.75. The molecule has 4 aromatic rings. The minimum Gasteiger partial charge on any atom is -0.497 e. The van der Waals surface area contributed by atoms with Gasteiger partial charge in [-0.25, -0.2) is 4.79 Å². The van der Waals surface area contributed by atoms with Crippen molar-refractivity contribution in [1.82, 2.24) is 0 Å². The van der Waals surface area contributed by atoms with Crippen LogP contribution in [0.3, 0.4) is 0 Å². The van der Waals surface area contributed by atoms with Crippen molar-refractivity contribution in [2.75, 3.05) is 35.5 Å². The van der Waals surface area contributed by atoms with Crippen LogP contribution >= 0.6 is 0 Å². The van der Waals surface area contributed by atoms with Gasteiger partial charge in [-0.1, -0.05) is 12.1 Å². The van der Waals surface area contributed by atoms with Crippen LogP contribution in [0, 0.1) is 0 Å². The molecule has 1 heterocycles. The largest absolute Gasteiger partial charge is 0.497 e. The van der Waals surface area contributed by atoms with Gasteiger partial charge in [0.05, 0.1) is 40.9 Å². The molecule has 0 aliphatic carbocycles. The van der Waals surface area contributed by atoms with Crippen LogP contribution in [0.1, 0.15) is 0 Å². The van der Waals surface area contributed by atoms with Crippen LogP contribution < -0.4 is 29.3 Å². The summed E-state index contributed by atoms with van der Waals surface area (Å²) < 4.78 is 33.3. The zero-order valence-corrected chi connectivity index (χ0v) is 19.1. The third-order valence-electron chi connectivity index (χ3n) is 5.45. The summed E-state index contributed by atoms with van der Waals surface area (Å²) in [5, 5.41) is 0.870. The molecule has 170 valence electrons. The lowest BCUT2D eigenvalue weighted by Crippen LogP contribution is -2.06. The molecule has 7 heteroatoms. The summed E-state index contributed by atoms with van der Waals surface area (Å²) in [5.74, 6) is 2.92. The number of hydrogen-bond donors (Lipinski definition) is 0. The molecular weight excluding hydrogens is 424 g/mol. The molecule has 0 aliphatic rings. The van der Waals surface area contributed by atoms with E-state index in [9.17, 15) is 4.79 Å². The van der Waals surface area contributed by atoms with E-state index in [-0.39, 0.29) is 0 Å². The SMILES string of the molecule is COc1ccc(-c2oc(=O)c3cc(OC)c(OC)c(OC)c3c2-c2ccc(OC)cc2)cc1. The molecule has 1 aromatic heterocycles. The fourth-order valence-electron chi connectivity index (χ4n) is 3.86. The van der Waals surface area contributed by atoms with Gasteiger partial charge in [-0.15, -0.1) is 0 Å². The first-order valence-corrected chi connectivity index (χ1v) is 10.1. The molecule has 0 radical (unpaired) electrons. The van der Waals surface area contributed by atoms with Crippen LogP contribution in [-0.4, -0.2) is 35.5 Å². The highest BCUT2D eigenvalue weighted by atomic mass is 16.5. The molecule has 0 saturated heterocycles. The van der Waals surface area contributed by atoms with Crippen molar-refractivity contribution in [3.63, 3.8) is 0 Å². The Balaban J connectivity index is 2.17. The zero-order chi connectivity index (χ0) is 23.5. The minimum atomic E-state index is -0.521. The van der Waals surface area contributed by atoms with Crippen molar-refractivity contribution < 1.29 is 28.1 Å². The molecule has 0 bridgehead atoms. The van der Waals surface area contributed by atoms with Gasteiger partial charge in [0.1, 0.15) is 17.3 Å². The highest BCUT2D eigenvalue weighted by molar-refractivity contribution is 6.07. The molecule has 4 rings (SSSR count). The van der Waals surface area contributed by atoms with Crippen LogP contribution in [0.25, 0.3) is 33.2 Å². The second kappa shape index (κ2) is 9.16. The molecule has 3 aromatic carbocycles. The average molecular weight is 448 g/mol. The molecule has 0 fully saturated rings. The van der Waals surface area contributed by atoms with Crippen molar-refractivity contribution in [3.05, 3.63) is 65.0 Å². The summed E-state index contributed by atoms with van der Waals surface area (Å²) in [4.78, 5) is 13.2. The summed E-state index contributed by atoms with van der Waals surface area (Å²) in [5.41, 5.74) is 1.67. The Hall–Kier alpha value is -4.13. The van der Waals surface area contributed by atoms with Gasteiger partial charge >= 0.3 is 5.63 Å². The molecule has 0 saturated carbocycles.